The molecule has 0 radical (unpaired) electrons. The van der Waals surface area contributed by atoms with Crippen LogP contribution in [0.15, 0.2) is 11.1 Å². The maximum Gasteiger partial charge on any atom is 0.339 e. The Kier molecular flexibility index (Phi) is 2.62. The lowest BCUT2D eigenvalue weighted by molar-refractivity contribution is -0.135. The van der Waals surface area contributed by atoms with Gasteiger partial charge in [0.2, 0.25) is 0 Å². The highest BCUT2D eigenvalue weighted by atomic mass is 16.4. The van der Waals surface area contributed by atoms with Crippen molar-refractivity contribution >= 4 is 11.8 Å². The van der Waals surface area contributed by atoms with Gasteiger partial charge in [-0.25, -0.2) is 4.79 Å². The molecule has 88 valence electrons. The van der Waals surface area contributed by atoms with Crippen LogP contribution in [0.25, 0.3) is 0 Å². The monoisotopic (exact) mass is 224 g/mol. The number of carboxylic acid groups (broad SMARTS) is 1. The minimum Gasteiger partial charge on any atom is -0.478 e. The molecule has 1 saturated carbocycles. The second-order valence-electron chi connectivity index (χ2n) is 4.65. The molecule has 2 rings (SSSR count). The highest BCUT2D eigenvalue weighted by Crippen LogP contribution is 2.52. The maximum atomic E-state index is 11.6. The van der Waals surface area contributed by atoms with Gasteiger partial charge >= 0.3 is 5.97 Å². The number of carbonyl (C=O) groups excluding carboxylic acids is 1. The van der Waals surface area contributed by atoms with Crippen LogP contribution in [0.4, 0.5) is 0 Å². The normalized spacial score (nSPS) is 34.1. The average Bonchev–Trinajstić information content (AvgIpc) is 2.56. The predicted molar refractivity (Wildman–Crippen MR) is 56.9 cm³/mol. The Morgan fingerprint density at radius 3 is 2.75 bits per heavy atom. The molecule has 16 heavy (non-hydrogen) atoms. The average molecular weight is 224 g/mol. The number of Topliss-reactive ketones (excluding diaryl/α,β-unsaturated/α-hetero) is 1. The molecule has 1 fully saturated rings. The zero-order chi connectivity index (χ0) is 11.9. The van der Waals surface area contributed by atoms with Crippen molar-refractivity contribution in [1.82, 2.24) is 0 Å². The zero-order valence-corrected chi connectivity index (χ0v) is 9.32. The van der Waals surface area contributed by atoms with Crippen molar-refractivity contribution in [3.05, 3.63) is 11.1 Å². The minimum absolute atomic E-state index is 0.0512. The first kappa shape index (κ1) is 11.3. The third-order valence-electron chi connectivity index (χ3n) is 4.13. The Balaban J connectivity index is 2.58. The number of aliphatic hydroxyl groups is 1. The Morgan fingerprint density at radius 1 is 1.50 bits per heavy atom. The first-order valence-corrected chi connectivity index (χ1v) is 5.71. The van der Waals surface area contributed by atoms with E-state index in [1.807, 2.05) is 6.92 Å². The van der Waals surface area contributed by atoms with Crippen LogP contribution in [0, 0.1) is 5.41 Å². The van der Waals surface area contributed by atoms with Crippen molar-refractivity contribution in [2.45, 2.75) is 45.1 Å². The van der Waals surface area contributed by atoms with Gasteiger partial charge in [-0.2, -0.15) is 0 Å². The van der Waals surface area contributed by atoms with Crippen molar-refractivity contribution in [3.8, 4) is 0 Å². The molecule has 0 amide bonds. The van der Waals surface area contributed by atoms with Gasteiger partial charge in [0.1, 0.15) is 5.57 Å². The van der Waals surface area contributed by atoms with Crippen LogP contribution in [0.2, 0.25) is 0 Å². The largest absolute Gasteiger partial charge is 0.478 e. The Morgan fingerprint density at radius 2 is 2.19 bits per heavy atom. The summed E-state index contributed by atoms with van der Waals surface area (Å²) in [6.07, 6.45) is 2.17. The van der Waals surface area contributed by atoms with Gasteiger partial charge < -0.3 is 10.2 Å². The molecule has 2 N–H and O–H groups in total. The van der Waals surface area contributed by atoms with Gasteiger partial charge in [-0.15, -0.1) is 0 Å². The lowest BCUT2D eigenvalue weighted by Crippen LogP contribution is -2.37. The summed E-state index contributed by atoms with van der Waals surface area (Å²) in [4.78, 5) is 22.7. The fourth-order valence-corrected chi connectivity index (χ4v) is 3.20. The molecule has 0 saturated heterocycles. The van der Waals surface area contributed by atoms with Crippen LogP contribution in [0.3, 0.4) is 0 Å². The molecule has 4 nitrogen and oxygen atoms in total. The highest BCUT2D eigenvalue weighted by Gasteiger charge is 2.50. The second-order valence-corrected chi connectivity index (χ2v) is 4.65. The molecule has 0 aromatic rings. The van der Waals surface area contributed by atoms with E-state index in [0.717, 1.165) is 0 Å². The van der Waals surface area contributed by atoms with Gasteiger partial charge in [0, 0.05) is 11.8 Å². The number of aliphatic hydroxyl groups excluding tert-OH is 1. The quantitative estimate of drug-likeness (QED) is 0.693. The number of hydrogen-bond acceptors (Lipinski definition) is 3. The molecule has 0 spiro atoms. The summed E-state index contributed by atoms with van der Waals surface area (Å²) in [7, 11) is 0. The minimum atomic E-state index is -1.13. The first-order valence-electron chi connectivity index (χ1n) is 5.71. The van der Waals surface area contributed by atoms with Gasteiger partial charge in [-0.05, 0) is 31.3 Å². The van der Waals surface area contributed by atoms with Gasteiger partial charge in [-0.3, -0.25) is 4.79 Å². The van der Waals surface area contributed by atoms with Crippen molar-refractivity contribution in [3.63, 3.8) is 0 Å². The van der Waals surface area contributed by atoms with Gasteiger partial charge in [0.15, 0.2) is 5.78 Å². The van der Waals surface area contributed by atoms with Gasteiger partial charge in [0.25, 0.3) is 0 Å². The summed E-state index contributed by atoms with van der Waals surface area (Å²) in [5.41, 5.74) is 0.192. The molecule has 2 atom stereocenters. The molecule has 2 aliphatic rings. The lowest BCUT2D eigenvalue weighted by atomic mass is 9.68. The molecule has 4 heteroatoms. The van der Waals surface area contributed by atoms with E-state index >= 15 is 0 Å². The summed E-state index contributed by atoms with van der Waals surface area (Å²) in [5, 5.41) is 19.1. The fourth-order valence-electron chi connectivity index (χ4n) is 3.20. The Bertz CT molecular complexity index is 382. The molecular weight excluding hydrogens is 208 g/mol. The third-order valence-corrected chi connectivity index (χ3v) is 4.13. The molecule has 0 aromatic carbocycles. The smallest absolute Gasteiger partial charge is 0.339 e. The first-order chi connectivity index (χ1) is 7.53. The maximum absolute atomic E-state index is 11.6. The number of hydrogen-bond donors (Lipinski definition) is 2. The van der Waals surface area contributed by atoms with Crippen molar-refractivity contribution in [1.29, 1.82) is 0 Å². The number of carboxylic acids is 1. The standard InChI is InChI=1S/C12H16O4/c1-2-12-6-5-8(13)10(11(15)16)7(12)3-4-9(12)14/h9,14H,2-6H2,1H3,(H,15,16)/t9-,12-/m0/s1. The molecule has 2 aliphatic carbocycles. The number of fused-ring (bicyclic) bond motifs is 1. The Hall–Kier alpha value is -1.16. The van der Waals surface area contributed by atoms with E-state index in [1.54, 1.807) is 0 Å². The van der Waals surface area contributed by atoms with Crippen LogP contribution in [0.5, 0.6) is 0 Å². The van der Waals surface area contributed by atoms with E-state index in [0.29, 0.717) is 31.3 Å². The van der Waals surface area contributed by atoms with E-state index in [2.05, 4.69) is 0 Å². The number of ketones is 1. The van der Waals surface area contributed by atoms with E-state index in [-0.39, 0.29) is 17.8 Å². The number of carbonyl (C=O) groups is 2. The number of aliphatic carboxylic acids is 1. The van der Waals surface area contributed by atoms with Crippen LogP contribution < -0.4 is 0 Å². The van der Waals surface area contributed by atoms with E-state index in [9.17, 15) is 14.7 Å². The van der Waals surface area contributed by atoms with Crippen LogP contribution in [0.1, 0.15) is 39.0 Å². The number of rotatable bonds is 2. The molecule has 0 heterocycles. The fraction of sp³-hybridized carbons (Fsp3) is 0.667. The van der Waals surface area contributed by atoms with Crippen molar-refractivity contribution < 1.29 is 19.8 Å². The molecule has 0 aromatic heterocycles. The summed E-state index contributed by atoms with van der Waals surface area (Å²) < 4.78 is 0. The SMILES string of the molecule is CC[C@]12CCC(=O)C(C(=O)O)=C1CC[C@@H]2O. The van der Waals surface area contributed by atoms with E-state index in [1.165, 1.54) is 0 Å². The van der Waals surface area contributed by atoms with Crippen molar-refractivity contribution in [2.75, 3.05) is 0 Å². The van der Waals surface area contributed by atoms with Crippen LogP contribution in [-0.4, -0.2) is 28.1 Å². The van der Waals surface area contributed by atoms with Crippen LogP contribution >= 0.6 is 0 Å². The van der Waals surface area contributed by atoms with Crippen LogP contribution in [-0.2, 0) is 9.59 Å². The summed E-state index contributed by atoms with van der Waals surface area (Å²) in [6.45, 7) is 1.95. The van der Waals surface area contributed by atoms with E-state index < -0.39 is 17.5 Å². The molecular formula is C12H16O4. The highest BCUT2D eigenvalue weighted by molar-refractivity contribution is 6.18. The molecule has 0 aliphatic heterocycles. The predicted octanol–water partition coefficient (Wildman–Crippen LogP) is 1.28. The van der Waals surface area contributed by atoms with Gasteiger partial charge in [-0.1, -0.05) is 6.92 Å². The van der Waals surface area contributed by atoms with Crippen molar-refractivity contribution in [2.24, 2.45) is 5.41 Å². The summed E-state index contributed by atoms with van der Waals surface area (Å²) >= 11 is 0. The lowest BCUT2D eigenvalue weighted by Gasteiger charge is -2.36. The topological polar surface area (TPSA) is 74.6 Å². The summed E-state index contributed by atoms with van der Waals surface area (Å²) in [6, 6.07) is 0. The zero-order valence-electron chi connectivity index (χ0n) is 9.32. The Labute approximate surface area is 94.0 Å². The molecule has 0 bridgehead atoms. The van der Waals surface area contributed by atoms with Gasteiger partial charge in [0.05, 0.1) is 6.10 Å². The second kappa shape index (κ2) is 3.70. The molecule has 0 unspecified atom stereocenters. The summed E-state index contributed by atoms with van der Waals surface area (Å²) in [5.74, 6) is -1.41. The van der Waals surface area contributed by atoms with E-state index in [4.69, 9.17) is 5.11 Å². The third kappa shape index (κ3) is 1.33.